The maximum Gasteiger partial charge on any atom is 0.312 e. The molecule has 1 heterocycles. The molecule has 0 aliphatic carbocycles. The van der Waals surface area contributed by atoms with Gasteiger partial charge < -0.3 is 14.9 Å². The minimum absolute atomic E-state index is 0.0115. The molecule has 0 aliphatic rings. The summed E-state index contributed by atoms with van der Waals surface area (Å²) < 4.78 is 6.46. The molecule has 2 rings (SSSR count). The number of nitrogens with zero attached hydrogens (tertiary/aromatic N) is 2. The van der Waals surface area contributed by atoms with Gasteiger partial charge in [0.1, 0.15) is 17.9 Å². The zero-order chi connectivity index (χ0) is 22.1. The normalized spacial score (nSPS) is 10.6. The summed E-state index contributed by atoms with van der Waals surface area (Å²) in [6, 6.07) is 3.29. The van der Waals surface area contributed by atoms with E-state index >= 15 is 0 Å². The number of phenols is 1. The molecule has 0 bridgehead atoms. The summed E-state index contributed by atoms with van der Waals surface area (Å²) in [7, 11) is 0. The maximum absolute atomic E-state index is 11.6. The third-order valence-electron chi connectivity index (χ3n) is 3.86. The van der Waals surface area contributed by atoms with Gasteiger partial charge in [0, 0.05) is 11.3 Å². The molecule has 162 valence electrons. The van der Waals surface area contributed by atoms with E-state index in [0.29, 0.717) is 46.4 Å². The maximum atomic E-state index is 11.6. The van der Waals surface area contributed by atoms with Gasteiger partial charge >= 0.3 is 5.97 Å². The van der Waals surface area contributed by atoms with Gasteiger partial charge in [0.05, 0.1) is 12.2 Å². The Morgan fingerprint density at radius 3 is 2.70 bits per heavy atom. The predicted octanol–water partition coefficient (Wildman–Crippen LogP) is 3.37. The molecule has 0 spiro atoms. The number of aromatic hydroxyl groups is 1. The predicted molar refractivity (Wildman–Crippen MR) is 114 cm³/mol. The number of phenolic OH excluding ortho intramolecular Hbond substituents is 1. The van der Waals surface area contributed by atoms with E-state index in [9.17, 15) is 19.5 Å². The second-order valence-corrected chi connectivity index (χ2v) is 8.61. The van der Waals surface area contributed by atoms with Crippen LogP contribution in [0, 0.1) is 0 Å². The number of hydrogen-bond acceptors (Lipinski definition) is 9. The van der Waals surface area contributed by atoms with Crippen molar-refractivity contribution in [2.45, 2.75) is 43.9 Å². The fraction of sp³-hybridized carbons (Fsp3) is 0.421. The van der Waals surface area contributed by atoms with E-state index in [1.807, 2.05) is 6.92 Å². The number of carbonyl (C=O) groups excluding carboxylic acids is 2. The van der Waals surface area contributed by atoms with Crippen LogP contribution in [0.4, 0.5) is 5.13 Å². The molecule has 1 aromatic heterocycles. The topological polar surface area (TPSA) is 139 Å². The Kier molecular flexibility index (Phi) is 9.06. The van der Waals surface area contributed by atoms with E-state index in [1.165, 1.54) is 30.0 Å². The molecule has 0 unspecified atom stereocenters. The fourth-order valence-corrected chi connectivity index (χ4v) is 4.30. The first-order chi connectivity index (χ1) is 14.3. The summed E-state index contributed by atoms with van der Waals surface area (Å²) in [5.74, 6) is -0.795. The highest BCUT2D eigenvalue weighted by atomic mass is 32.2. The van der Waals surface area contributed by atoms with Gasteiger partial charge in [-0.2, -0.15) is 0 Å². The Morgan fingerprint density at radius 1 is 1.27 bits per heavy atom. The van der Waals surface area contributed by atoms with Gasteiger partial charge in [-0.25, -0.2) is 0 Å². The number of aromatic nitrogens is 2. The average Bonchev–Trinajstić information content (AvgIpc) is 3.10. The third-order valence-corrected chi connectivity index (χ3v) is 5.91. The van der Waals surface area contributed by atoms with Crippen molar-refractivity contribution in [3.8, 4) is 11.5 Å². The Morgan fingerprint density at radius 2 is 2.03 bits per heavy atom. The molecule has 0 atom stereocenters. The Balaban J connectivity index is 1.82. The molecule has 11 heteroatoms. The monoisotopic (exact) mass is 453 g/mol. The lowest BCUT2D eigenvalue weighted by Gasteiger charge is -2.14. The van der Waals surface area contributed by atoms with Crippen LogP contribution in [0.25, 0.3) is 0 Å². The van der Waals surface area contributed by atoms with E-state index in [4.69, 9.17) is 9.84 Å². The second kappa shape index (κ2) is 11.5. The van der Waals surface area contributed by atoms with Gasteiger partial charge in [0.25, 0.3) is 0 Å². The largest absolute Gasteiger partial charge is 0.507 e. The summed E-state index contributed by atoms with van der Waals surface area (Å²) in [5, 5.41) is 29.3. The van der Waals surface area contributed by atoms with Gasteiger partial charge in [-0.15, -0.1) is 10.2 Å². The quantitative estimate of drug-likeness (QED) is 0.145. The van der Waals surface area contributed by atoms with Crippen molar-refractivity contribution < 1.29 is 29.3 Å². The minimum atomic E-state index is -1.21. The van der Waals surface area contributed by atoms with Crippen molar-refractivity contribution in [1.29, 1.82) is 0 Å². The first kappa shape index (κ1) is 23.6. The molecule has 2 aromatic rings. The third kappa shape index (κ3) is 6.99. The van der Waals surface area contributed by atoms with Gasteiger partial charge in [-0.1, -0.05) is 36.4 Å². The number of aliphatic carboxylic acids is 1. The average molecular weight is 454 g/mol. The number of carboxylic acid groups (broad SMARTS) is 1. The Hall–Kier alpha value is -2.66. The van der Waals surface area contributed by atoms with Crippen LogP contribution in [0.5, 0.6) is 11.5 Å². The van der Waals surface area contributed by atoms with Crippen molar-refractivity contribution in [1.82, 2.24) is 10.2 Å². The molecule has 0 saturated carbocycles. The number of Topliss-reactive ketones (excluding diaryl/α,β-unsaturated/α-hetero) is 1. The van der Waals surface area contributed by atoms with E-state index < -0.39 is 18.3 Å². The number of thioether (sulfide) groups is 1. The minimum Gasteiger partial charge on any atom is -0.507 e. The number of carboxylic acids is 1. The summed E-state index contributed by atoms with van der Waals surface area (Å²) >= 11 is 2.61. The number of rotatable bonds is 12. The number of anilines is 1. The van der Waals surface area contributed by atoms with Crippen LogP contribution in [0.1, 0.15) is 49.0 Å². The Bertz CT molecular complexity index is 916. The number of carbonyl (C=O) groups is 3. The van der Waals surface area contributed by atoms with E-state index in [-0.39, 0.29) is 16.7 Å². The summed E-state index contributed by atoms with van der Waals surface area (Å²) in [6.07, 6.45) is 1.50. The highest BCUT2D eigenvalue weighted by Gasteiger charge is 2.16. The lowest BCUT2D eigenvalue weighted by molar-refractivity contribution is -0.139. The zero-order valence-corrected chi connectivity index (χ0v) is 18.3. The van der Waals surface area contributed by atoms with Gasteiger partial charge in [0.15, 0.2) is 10.1 Å². The van der Waals surface area contributed by atoms with Crippen LogP contribution in [-0.2, 0) is 16.0 Å². The number of ketones is 1. The highest BCUT2D eigenvalue weighted by molar-refractivity contribution is 8.01. The van der Waals surface area contributed by atoms with Gasteiger partial charge in [-0.3, -0.25) is 19.7 Å². The highest BCUT2D eigenvalue weighted by Crippen LogP contribution is 2.33. The summed E-state index contributed by atoms with van der Waals surface area (Å²) in [6.45, 7) is 3.82. The molecule has 0 radical (unpaired) electrons. The van der Waals surface area contributed by atoms with E-state index in [1.54, 1.807) is 12.1 Å². The van der Waals surface area contributed by atoms with Crippen molar-refractivity contribution in [3.63, 3.8) is 0 Å². The lowest BCUT2D eigenvalue weighted by atomic mass is 10.0. The van der Waals surface area contributed by atoms with Crippen LogP contribution < -0.4 is 10.1 Å². The number of hydrogen-bond donors (Lipinski definition) is 3. The first-order valence-corrected chi connectivity index (χ1v) is 11.1. The molecular formula is C19H23N3O6S2. The first-order valence-electron chi connectivity index (χ1n) is 9.28. The molecule has 30 heavy (non-hydrogen) atoms. The molecule has 1 aromatic carbocycles. The fourth-order valence-electron chi connectivity index (χ4n) is 2.55. The molecule has 1 amide bonds. The molecule has 0 fully saturated rings. The standard InChI is InChI=1S/C19H23N3O6S2/c1-3-5-13-14(7-6-12(11(2)23)17(13)27)28-8-4-9-29-19-22-21-18(30-19)20-15(24)10-16(25)26/h6-7,27H,3-5,8-10H2,1-2H3,(H,25,26)(H,20,21,24). The van der Waals surface area contributed by atoms with Crippen molar-refractivity contribution in [2.24, 2.45) is 0 Å². The molecule has 9 nitrogen and oxygen atoms in total. The van der Waals surface area contributed by atoms with Crippen LogP contribution >= 0.6 is 23.1 Å². The van der Waals surface area contributed by atoms with Crippen LogP contribution in [-0.4, -0.2) is 50.4 Å². The van der Waals surface area contributed by atoms with Crippen LogP contribution in [0.3, 0.4) is 0 Å². The van der Waals surface area contributed by atoms with Gasteiger partial charge in [-0.05, 0) is 31.9 Å². The molecule has 3 N–H and O–H groups in total. The van der Waals surface area contributed by atoms with Crippen molar-refractivity contribution in [2.75, 3.05) is 17.7 Å². The lowest BCUT2D eigenvalue weighted by Crippen LogP contribution is -2.15. The van der Waals surface area contributed by atoms with Crippen LogP contribution in [0.2, 0.25) is 0 Å². The molecular weight excluding hydrogens is 430 g/mol. The number of ether oxygens (including phenoxy) is 1. The van der Waals surface area contributed by atoms with Crippen molar-refractivity contribution in [3.05, 3.63) is 23.3 Å². The zero-order valence-electron chi connectivity index (χ0n) is 16.6. The number of amides is 1. The van der Waals surface area contributed by atoms with Crippen LogP contribution in [0.15, 0.2) is 16.5 Å². The number of nitrogens with one attached hydrogen (secondary N) is 1. The van der Waals surface area contributed by atoms with E-state index in [0.717, 1.165) is 6.42 Å². The number of benzene rings is 1. The molecule has 0 aliphatic heterocycles. The Labute approximate surface area is 181 Å². The van der Waals surface area contributed by atoms with Gasteiger partial charge in [0.2, 0.25) is 11.0 Å². The smallest absolute Gasteiger partial charge is 0.312 e. The summed E-state index contributed by atoms with van der Waals surface area (Å²) in [4.78, 5) is 33.5. The molecule has 0 saturated heterocycles. The second-order valence-electron chi connectivity index (χ2n) is 6.29. The van der Waals surface area contributed by atoms with E-state index in [2.05, 4.69) is 15.5 Å². The summed E-state index contributed by atoms with van der Waals surface area (Å²) in [5.41, 5.74) is 0.938. The van der Waals surface area contributed by atoms with Crippen molar-refractivity contribution >= 4 is 45.9 Å². The SMILES string of the molecule is CCCc1c(OCCCSc2nnc(NC(=O)CC(=O)O)s2)ccc(C(C)=O)c1O.